The molecule has 1 aliphatic carbocycles. The van der Waals surface area contributed by atoms with E-state index in [0.717, 1.165) is 0 Å². The van der Waals surface area contributed by atoms with E-state index in [1.54, 1.807) is 0 Å². The van der Waals surface area contributed by atoms with Gasteiger partial charge in [0, 0.05) is 11.5 Å². The van der Waals surface area contributed by atoms with E-state index in [1.807, 2.05) is 0 Å². The molecule has 7 heteroatoms. The van der Waals surface area contributed by atoms with Crippen LogP contribution in [0.5, 0.6) is 0 Å². The summed E-state index contributed by atoms with van der Waals surface area (Å²) in [4.78, 5) is 29.4. The highest BCUT2D eigenvalue weighted by Gasteiger charge is 2.27. The minimum atomic E-state index is -0.267. The Morgan fingerprint density at radius 2 is 2.31 bits per heavy atom. The fraction of sp³-hybridized carbons (Fsp3) is 0.444. The summed E-state index contributed by atoms with van der Waals surface area (Å²) in [6.07, 6.45) is 1.56. The van der Waals surface area contributed by atoms with Crippen LogP contribution >= 0.6 is 0 Å². The van der Waals surface area contributed by atoms with Crippen molar-refractivity contribution in [3.05, 3.63) is 21.6 Å². The van der Waals surface area contributed by atoms with Crippen molar-refractivity contribution in [1.29, 1.82) is 0 Å². The first-order valence-electron chi connectivity index (χ1n) is 5.00. The van der Waals surface area contributed by atoms with Crippen LogP contribution in [0.1, 0.15) is 17.7 Å². The lowest BCUT2D eigenvalue weighted by Gasteiger charge is -2.21. The summed E-state index contributed by atoms with van der Waals surface area (Å²) in [5, 5.41) is 0. The number of nitrogen functional groups attached to an aromatic ring is 1. The van der Waals surface area contributed by atoms with Gasteiger partial charge in [-0.15, -0.1) is 0 Å². The molecule has 7 nitrogen and oxygen atoms in total. The minimum absolute atomic E-state index is 0.116. The van der Waals surface area contributed by atoms with Gasteiger partial charge in [0.1, 0.15) is 0 Å². The number of aryl methyl sites for hydroxylation is 1. The molecule has 1 unspecified atom stereocenters. The van der Waals surface area contributed by atoms with E-state index in [9.17, 15) is 9.59 Å². The van der Waals surface area contributed by atoms with Crippen LogP contribution in [0.3, 0.4) is 0 Å². The van der Waals surface area contributed by atoms with Crippen LogP contribution in [0.15, 0.2) is 4.79 Å². The van der Waals surface area contributed by atoms with Crippen LogP contribution in [0.2, 0.25) is 0 Å². The molecule has 2 rings (SSSR count). The maximum Gasteiger partial charge on any atom is 0.255 e. The van der Waals surface area contributed by atoms with Gasteiger partial charge in [-0.2, -0.15) is 0 Å². The molecular formula is C9H13N5O2. The molecule has 1 aromatic rings. The van der Waals surface area contributed by atoms with Crippen LogP contribution in [0, 0.1) is 5.92 Å². The molecule has 6 N–H and O–H groups in total. The van der Waals surface area contributed by atoms with Crippen molar-refractivity contribution in [2.45, 2.75) is 19.3 Å². The zero-order valence-corrected chi connectivity index (χ0v) is 8.62. The highest BCUT2D eigenvalue weighted by atomic mass is 16.2. The Morgan fingerprint density at radius 1 is 1.56 bits per heavy atom. The molecule has 1 amide bonds. The van der Waals surface area contributed by atoms with Crippen molar-refractivity contribution >= 4 is 11.9 Å². The number of H-pyrrole nitrogens is 1. The zero-order chi connectivity index (χ0) is 11.7. The van der Waals surface area contributed by atoms with Crippen LogP contribution in [0.4, 0.5) is 5.95 Å². The Bertz CT molecular complexity index is 481. The van der Waals surface area contributed by atoms with Gasteiger partial charge in [0.15, 0.2) is 0 Å². The van der Waals surface area contributed by atoms with Crippen molar-refractivity contribution < 1.29 is 4.79 Å². The molecular weight excluding hydrogens is 210 g/mol. The number of aromatic amines is 1. The third-order valence-electron chi connectivity index (χ3n) is 2.81. The summed E-state index contributed by atoms with van der Waals surface area (Å²) < 4.78 is 0. The number of carbonyl (C=O) groups is 1. The van der Waals surface area contributed by atoms with Crippen molar-refractivity contribution in [2.24, 2.45) is 11.8 Å². The number of hydrogen-bond donors (Lipinski definition) is 4. The molecule has 0 aromatic carbocycles. The van der Waals surface area contributed by atoms with Gasteiger partial charge in [-0.05, 0) is 19.3 Å². The molecule has 0 saturated carbocycles. The fourth-order valence-corrected chi connectivity index (χ4v) is 1.98. The van der Waals surface area contributed by atoms with Crippen LogP contribution < -0.4 is 22.6 Å². The first-order valence-corrected chi connectivity index (χ1v) is 5.00. The Hall–Kier alpha value is -1.89. The van der Waals surface area contributed by atoms with Gasteiger partial charge in [-0.25, -0.2) is 10.8 Å². The lowest BCUT2D eigenvalue weighted by atomic mass is 9.87. The molecule has 0 fully saturated rings. The second-order valence-corrected chi connectivity index (χ2v) is 3.82. The Kier molecular flexibility index (Phi) is 2.61. The van der Waals surface area contributed by atoms with E-state index in [1.165, 1.54) is 0 Å². The standard InChI is InChI=1S/C9H13N5O2/c10-9-12-6-2-1-4(7(15)14-11)3-5(6)8(16)13-9/h4H,1-3,11H2,(H,14,15)(H3,10,12,13,16). The van der Waals surface area contributed by atoms with E-state index in [2.05, 4.69) is 15.4 Å². The van der Waals surface area contributed by atoms with E-state index in [-0.39, 0.29) is 23.3 Å². The number of fused-ring (bicyclic) bond motifs is 1. The van der Waals surface area contributed by atoms with Crippen molar-refractivity contribution in [3.63, 3.8) is 0 Å². The molecule has 86 valence electrons. The minimum Gasteiger partial charge on any atom is -0.369 e. The first-order chi connectivity index (χ1) is 7.61. The molecule has 0 saturated heterocycles. The molecule has 16 heavy (non-hydrogen) atoms. The summed E-state index contributed by atoms with van der Waals surface area (Å²) in [6.45, 7) is 0. The summed E-state index contributed by atoms with van der Waals surface area (Å²) in [6, 6.07) is 0. The Balaban J connectivity index is 2.34. The Labute approximate surface area is 91.2 Å². The lowest BCUT2D eigenvalue weighted by Crippen LogP contribution is -2.39. The Morgan fingerprint density at radius 3 is 3.00 bits per heavy atom. The second-order valence-electron chi connectivity index (χ2n) is 3.82. The topological polar surface area (TPSA) is 127 Å². The van der Waals surface area contributed by atoms with Crippen molar-refractivity contribution in [1.82, 2.24) is 15.4 Å². The third kappa shape index (κ3) is 1.76. The predicted octanol–water partition coefficient (Wildman–Crippen LogP) is -1.55. The van der Waals surface area contributed by atoms with Crippen LogP contribution in [0.25, 0.3) is 0 Å². The number of nitrogens with two attached hydrogens (primary N) is 2. The highest BCUT2D eigenvalue weighted by Crippen LogP contribution is 2.21. The van der Waals surface area contributed by atoms with Gasteiger partial charge in [0.05, 0.1) is 5.69 Å². The SMILES string of the molecule is NNC(=O)C1CCc2nc(N)[nH]c(=O)c2C1. The molecule has 0 bridgehead atoms. The largest absolute Gasteiger partial charge is 0.369 e. The number of anilines is 1. The third-order valence-corrected chi connectivity index (χ3v) is 2.81. The molecule has 1 heterocycles. The van der Waals surface area contributed by atoms with Gasteiger partial charge >= 0.3 is 0 Å². The molecule has 0 spiro atoms. The summed E-state index contributed by atoms with van der Waals surface area (Å²) in [5.74, 6) is 4.67. The number of aromatic nitrogens is 2. The number of nitrogens with one attached hydrogen (secondary N) is 2. The van der Waals surface area contributed by atoms with E-state index in [0.29, 0.717) is 30.5 Å². The maximum atomic E-state index is 11.6. The smallest absolute Gasteiger partial charge is 0.255 e. The summed E-state index contributed by atoms with van der Waals surface area (Å²) >= 11 is 0. The van der Waals surface area contributed by atoms with Gasteiger partial charge in [-0.1, -0.05) is 0 Å². The van der Waals surface area contributed by atoms with Gasteiger partial charge in [-0.3, -0.25) is 20.0 Å². The number of amides is 1. The molecule has 0 aliphatic heterocycles. The van der Waals surface area contributed by atoms with E-state index >= 15 is 0 Å². The van der Waals surface area contributed by atoms with E-state index < -0.39 is 0 Å². The molecule has 1 aliphatic rings. The maximum absolute atomic E-state index is 11.6. The van der Waals surface area contributed by atoms with Crippen molar-refractivity contribution in [2.75, 3.05) is 5.73 Å². The highest BCUT2D eigenvalue weighted by molar-refractivity contribution is 5.78. The normalized spacial score (nSPS) is 18.9. The van der Waals surface area contributed by atoms with Crippen molar-refractivity contribution in [3.8, 4) is 0 Å². The monoisotopic (exact) mass is 223 g/mol. The van der Waals surface area contributed by atoms with Gasteiger partial charge < -0.3 is 5.73 Å². The molecule has 1 atom stereocenters. The zero-order valence-electron chi connectivity index (χ0n) is 8.62. The summed E-state index contributed by atoms with van der Waals surface area (Å²) in [7, 11) is 0. The second kappa shape index (κ2) is 3.93. The lowest BCUT2D eigenvalue weighted by molar-refractivity contribution is -0.125. The number of carbonyl (C=O) groups excluding carboxylic acids is 1. The van der Waals surface area contributed by atoms with E-state index in [4.69, 9.17) is 11.6 Å². The predicted molar refractivity (Wildman–Crippen MR) is 57.1 cm³/mol. The van der Waals surface area contributed by atoms with Gasteiger partial charge in [0.25, 0.3) is 5.56 Å². The quantitative estimate of drug-likeness (QED) is 0.260. The average Bonchev–Trinajstić information content (AvgIpc) is 2.27. The number of hydrazine groups is 1. The molecule has 0 radical (unpaired) electrons. The summed E-state index contributed by atoms with van der Waals surface area (Å²) in [5.41, 5.74) is 8.49. The first kappa shape index (κ1) is 10.6. The number of nitrogens with zero attached hydrogens (tertiary/aromatic N) is 1. The van der Waals surface area contributed by atoms with Gasteiger partial charge in [0.2, 0.25) is 11.9 Å². The van der Waals surface area contributed by atoms with Crippen LogP contribution in [-0.2, 0) is 17.6 Å². The molecule has 1 aromatic heterocycles. The number of rotatable bonds is 1. The van der Waals surface area contributed by atoms with Crippen LogP contribution in [-0.4, -0.2) is 15.9 Å². The average molecular weight is 223 g/mol. The number of hydrogen-bond acceptors (Lipinski definition) is 5. The fourth-order valence-electron chi connectivity index (χ4n) is 1.98.